The van der Waals surface area contributed by atoms with E-state index >= 15 is 0 Å². The van der Waals surface area contributed by atoms with Crippen molar-refractivity contribution < 1.29 is 4.92 Å². The molecule has 0 aliphatic carbocycles. The van der Waals surface area contributed by atoms with Gasteiger partial charge in [0.25, 0.3) is 5.69 Å². The summed E-state index contributed by atoms with van der Waals surface area (Å²) in [5.74, 6) is 0. The minimum Gasteiger partial charge on any atom is -0.378 e. The van der Waals surface area contributed by atoms with Gasteiger partial charge in [0.2, 0.25) is 0 Å². The Morgan fingerprint density at radius 1 is 1.47 bits per heavy atom. The van der Waals surface area contributed by atoms with Gasteiger partial charge in [0.1, 0.15) is 5.69 Å². The van der Waals surface area contributed by atoms with Crippen LogP contribution in [0.5, 0.6) is 0 Å². The lowest BCUT2D eigenvalue weighted by Gasteiger charge is -2.11. The van der Waals surface area contributed by atoms with E-state index in [0.717, 1.165) is 13.0 Å². The van der Waals surface area contributed by atoms with E-state index in [0.29, 0.717) is 17.3 Å². The van der Waals surface area contributed by atoms with Crippen LogP contribution in [0.2, 0.25) is 5.02 Å². The maximum absolute atomic E-state index is 10.8. The van der Waals surface area contributed by atoms with Gasteiger partial charge in [-0.3, -0.25) is 10.1 Å². The first kappa shape index (κ1) is 13.7. The Morgan fingerprint density at radius 2 is 2.18 bits per heavy atom. The van der Waals surface area contributed by atoms with Gasteiger partial charge in [0.15, 0.2) is 0 Å². The third kappa shape index (κ3) is 4.20. The summed E-state index contributed by atoms with van der Waals surface area (Å²) in [6.45, 7) is 1.58. The minimum absolute atomic E-state index is 0.0161. The molecule has 1 rings (SSSR count). The molecule has 1 aromatic carbocycles. The molecule has 1 aromatic rings. The number of hydrogen-bond acceptors (Lipinski definition) is 4. The van der Waals surface area contributed by atoms with E-state index in [9.17, 15) is 10.1 Å². The maximum atomic E-state index is 10.8. The van der Waals surface area contributed by atoms with Gasteiger partial charge in [-0.25, -0.2) is 0 Å². The standard InChI is InChI=1S/C11H16ClN3O2/c1-14(2)8-4-7-13-11-9(12)5-3-6-10(11)15(16)17/h3,5-6,13H,4,7-8H2,1-2H3. The smallest absolute Gasteiger partial charge is 0.293 e. The molecule has 94 valence electrons. The molecule has 0 aromatic heterocycles. The average Bonchev–Trinajstić information content (AvgIpc) is 2.25. The lowest BCUT2D eigenvalue weighted by atomic mass is 10.2. The molecule has 0 bridgehead atoms. The van der Waals surface area contributed by atoms with Crippen molar-refractivity contribution in [3.8, 4) is 0 Å². The number of nitro groups is 1. The van der Waals surface area contributed by atoms with Crippen LogP contribution in [0.1, 0.15) is 6.42 Å². The first-order valence-electron chi connectivity index (χ1n) is 5.34. The summed E-state index contributed by atoms with van der Waals surface area (Å²) in [4.78, 5) is 12.4. The average molecular weight is 258 g/mol. The fourth-order valence-electron chi connectivity index (χ4n) is 1.45. The SMILES string of the molecule is CN(C)CCCNc1c(Cl)cccc1[N+](=O)[O-]. The van der Waals surface area contributed by atoms with Crippen LogP contribution in [0.15, 0.2) is 18.2 Å². The summed E-state index contributed by atoms with van der Waals surface area (Å²) in [6.07, 6.45) is 0.898. The van der Waals surface area contributed by atoms with Crippen LogP contribution in [-0.4, -0.2) is 37.0 Å². The molecule has 5 nitrogen and oxygen atoms in total. The number of para-hydroxylation sites is 1. The van der Waals surface area contributed by atoms with Crippen molar-refractivity contribution in [3.63, 3.8) is 0 Å². The topological polar surface area (TPSA) is 58.4 Å². The molecule has 0 spiro atoms. The Kier molecular flexibility index (Phi) is 5.18. The van der Waals surface area contributed by atoms with Crippen molar-refractivity contribution in [1.82, 2.24) is 4.90 Å². The normalized spacial score (nSPS) is 10.6. The number of benzene rings is 1. The van der Waals surface area contributed by atoms with Gasteiger partial charge in [-0.05, 0) is 33.1 Å². The van der Waals surface area contributed by atoms with E-state index < -0.39 is 4.92 Å². The van der Waals surface area contributed by atoms with Gasteiger partial charge < -0.3 is 10.2 Å². The Balaban J connectivity index is 2.66. The van der Waals surface area contributed by atoms with Crippen LogP contribution in [0.25, 0.3) is 0 Å². The summed E-state index contributed by atoms with van der Waals surface area (Å²) in [7, 11) is 3.97. The fraction of sp³-hybridized carbons (Fsp3) is 0.455. The monoisotopic (exact) mass is 257 g/mol. The number of hydrogen-bond donors (Lipinski definition) is 1. The van der Waals surface area contributed by atoms with E-state index in [-0.39, 0.29) is 5.69 Å². The van der Waals surface area contributed by atoms with Gasteiger partial charge in [0.05, 0.1) is 9.95 Å². The van der Waals surface area contributed by atoms with Crippen LogP contribution in [0.3, 0.4) is 0 Å². The molecule has 0 unspecified atom stereocenters. The second-order valence-electron chi connectivity index (χ2n) is 3.97. The highest BCUT2D eigenvalue weighted by atomic mass is 35.5. The fourth-order valence-corrected chi connectivity index (χ4v) is 1.68. The number of nitro benzene ring substituents is 1. The summed E-state index contributed by atoms with van der Waals surface area (Å²) in [5, 5.41) is 14.2. The predicted molar refractivity (Wildman–Crippen MR) is 69.8 cm³/mol. The lowest BCUT2D eigenvalue weighted by Crippen LogP contribution is -2.16. The van der Waals surface area contributed by atoms with Gasteiger partial charge in [-0.15, -0.1) is 0 Å². The zero-order chi connectivity index (χ0) is 12.8. The summed E-state index contributed by atoms with van der Waals surface area (Å²) < 4.78 is 0. The van der Waals surface area contributed by atoms with Crippen molar-refractivity contribution in [2.24, 2.45) is 0 Å². The largest absolute Gasteiger partial charge is 0.378 e. The number of rotatable bonds is 6. The maximum Gasteiger partial charge on any atom is 0.293 e. The zero-order valence-corrected chi connectivity index (χ0v) is 10.7. The number of nitrogens with one attached hydrogen (secondary N) is 1. The number of anilines is 1. The highest BCUT2D eigenvalue weighted by molar-refractivity contribution is 6.33. The summed E-state index contributed by atoms with van der Waals surface area (Å²) in [5.41, 5.74) is 0.417. The highest BCUT2D eigenvalue weighted by Crippen LogP contribution is 2.31. The Hall–Kier alpha value is -1.33. The molecular formula is C11H16ClN3O2. The van der Waals surface area contributed by atoms with Gasteiger partial charge in [-0.2, -0.15) is 0 Å². The van der Waals surface area contributed by atoms with E-state index in [1.807, 2.05) is 14.1 Å². The third-order valence-electron chi connectivity index (χ3n) is 2.27. The molecule has 0 heterocycles. The molecule has 6 heteroatoms. The molecule has 0 aliphatic rings. The predicted octanol–water partition coefficient (Wildman–Crippen LogP) is 2.61. The molecule has 17 heavy (non-hydrogen) atoms. The van der Waals surface area contributed by atoms with Gasteiger partial charge in [-0.1, -0.05) is 17.7 Å². The molecule has 0 atom stereocenters. The lowest BCUT2D eigenvalue weighted by molar-refractivity contribution is -0.383. The summed E-state index contributed by atoms with van der Waals surface area (Å²) in [6, 6.07) is 4.66. The van der Waals surface area contributed by atoms with Crippen molar-refractivity contribution in [3.05, 3.63) is 33.3 Å². The second kappa shape index (κ2) is 6.42. The minimum atomic E-state index is -0.430. The Labute approximate surface area is 106 Å². The number of halogens is 1. The highest BCUT2D eigenvalue weighted by Gasteiger charge is 2.15. The Bertz CT molecular complexity index is 396. The first-order valence-corrected chi connectivity index (χ1v) is 5.71. The molecule has 0 aliphatic heterocycles. The second-order valence-corrected chi connectivity index (χ2v) is 4.38. The van der Waals surface area contributed by atoms with Crippen molar-refractivity contribution in [2.45, 2.75) is 6.42 Å². The molecular weight excluding hydrogens is 242 g/mol. The van der Waals surface area contributed by atoms with Crippen molar-refractivity contribution in [1.29, 1.82) is 0 Å². The molecule has 1 N–H and O–H groups in total. The van der Waals surface area contributed by atoms with E-state index in [2.05, 4.69) is 10.2 Å². The van der Waals surface area contributed by atoms with Crippen molar-refractivity contribution in [2.75, 3.05) is 32.5 Å². The van der Waals surface area contributed by atoms with Crippen molar-refractivity contribution >= 4 is 23.0 Å². The third-order valence-corrected chi connectivity index (χ3v) is 2.59. The van der Waals surface area contributed by atoms with E-state index in [1.54, 1.807) is 12.1 Å². The van der Waals surface area contributed by atoms with E-state index in [1.165, 1.54) is 6.07 Å². The summed E-state index contributed by atoms with van der Waals surface area (Å²) >= 11 is 5.94. The molecule has 0 fully saturated rings. The zero-order valence-electron chi connectivity index (χ0n) is 9.94. The van der Waals surface area contributed by atoms with Crippen LogP contribution in [0.4, 0.5) is 11.4 Å². The van der Waals surface area contributed by atoms with Crippen LogP contribution in [0, 0.1) is 10.1 Å². The Morgan fingerprint density at radius 3 is 2.76 bits per heavy atom. The van der Waals surface area contributed by atoms with Gasteiger partial charge in [0, 0.05) is 12.6 Å². The van der Waals surface area contributed by atoms with Crippen LogP contribution < -0.4 is 5.32 Å². The molecule has 0 amide bonds. The molecule has 0 saturated carbocycles. The quantitative estimate of drug-likeness (QED) is 0.484. The van der Waals surface area contributed by atoms with Gasteiger partial charge >= 0.3 is 0 Å². The molecule has 0 radical (unpaired) electrons. The molecule has 0 saturated heterocycles. The van der Waals surface area contributed by atoms with E-state index in [4.69, 9.17) is 11.6 Å². The van der Waals surface area contributed by atoms with Crippen LogP contribution >= 0.6 is 11.6 Å². The van der Waals surface area contributed by atoms with Crippen LogP contribution in [-0.2, 0) is 0 Å². The first-order chi connectivity index (χ1) is 8.02. The number of nitrogens with zero attached hydrogens (tertiary/aromatic N) is 2.